The number of hydrogen-bond acceptors (Lipinski definition) is 4. The molecule has 1 aromatic carbocycles. The zero-order valence-corrected chi connectivity index (χ0v) is 16.4. The third kappa shape index (κ3) is 4.74. The van der Waals surface area contributed by atoms with Crippen molar-refractivity contribution in [3.8, 4) is 0 Å². The number of nitrogens with zero attached hydrogens (tertiary/aromatic N) is 2. The summed E-state index contributed by atoms with van der Waals surface area (Å²) in [7, 11) is 1.39. The smallest absolute Gasteiger partial charge is 0.339 e. The maximum absolute atomic E-state index is 11.9. The first-order chi connectivity index (χ1) is 12.7. The molecule has 0 radical (unpaired) electrons. The van der Waals surface area contributed by atoms with E-state index in [1.807, 2.05) is 18.2 Å². The van der Waals surface area contributed by atoms with Crippen LogP contribution in [-0.2, 0) is 4.74 Å². The predicted octanol–water partition coefficient (Wildman–Crippen LogP) is 3.51. The minimum Gasteiger partial charge on any atom is -0.465 e. The van der Waals surface area contributed by atoms with E-state index in [0.717, 1.165) is 32.2 Å². The van der Waals surface area contributed by atoms with Crippen molar-refractivity contribution >= 4 is 29.0 Å². The van der Waals surface area contributed by atoms with Crippen LogP contribution in [0.3, 0.4) is 0 Å². The van der Waals surface area contributed by atoms with E-state index in [-0.39, 0.29) is 5.97 Å². The average Bonchev–Trinajstić information content (AvgIpc) is 2.97. The van der Waals surface area contributed by atoms with E-state index in [0.29, 0.717) is 16.4 Å². The monoisotopic (exact) mass is 375 g/mol. The molecular weight excluding hydrogens is 346 g/mol. The van der Waals surface area contributed by atoms with E-state index in [4.69, 9.17) is 17.0 Å². The molecule has 1 heterocycles. The molecule has 0 atom stereocenters. The first-order valence-corrected chi connectivity index (χ1v) is 10.1. The van der Waals surface area contributed by atoms with Crippen LogP contribution in [0, 0.1) is 0 Å². The van der Waals surface area contributed by atoms with Gasteiger partial charge in [0.2, 0.25) is 0 Å². The fourth-order valence-electron chi connectivity index (χ4n) is 3.99. The third-order valence-corrected chi connectivity index (χ3v) is 5.88. The lowest BCUT2D eigenvalue weighted by molar-refractivity contribution is 0.0602. The van der Waals surface area contributed by atoms with Crippen molar-refractivity contribution in [1.82, 2.24) is 9.80 Å². The highest BCUT2D eigenvalue weighted by atomic mass is 32.1. The molecule has 0 bridgehead atoms. The number of anilines is 1. The summed E-state index contributed by atoms with van der Waals surface area (Å²) in [4.78, 5) is 16.8. The molecule has 1 aliphatic carbocycles. The Kier molecular flexibility index (Phi) is 6.86. The fraction of sp³-hybridized carbons (Fsp3) is 0.600. The summed E-state index contributed by atoms with van der Waals surface area (Å²) >= 11 is 5.60. The quantitative estimate of drug-likeness (QED) is 0.496. The summed E-state index contributed by atoms with van der Waals surface area (Å²) in [6.07, 6.45) is 8.21. The molecule has 1 saturated heterocycles. The SMILES string of the molecule is COC(=O)c1ccccc1NC(=S)N1CCN(C2CCCCCC2)CC1. The normalized spacial score (nSPS) is 19.7. The largest absolute Gasteiger partial charge is 0.465 e. The van der Waals surface area contributed by atoms with Gasteiger partial charge in [0, 0.05) is 32.2 Å². The first-order valence-electron chi connectivity index (χ1n) is 9.66. The number of carbonyl (C=O) groups is 1. The Morgan fingerprint density at radius 2 is 1.73 bits per heavy atom. The van der Waals surface area contributed by atoms with Gasteiger partial charge in [-0.05, 0) is 37.2 Å². The van der Waals surface area contributed by atoms with Crippen LogP contribution in [0.4, 0.5) is 5.69 Å². The molecule has 0 amide bonds. The molecule has 0 aromatic heterocycles. The maximum Gasteiger partial charge on any atom is 0.339 e. The van der Waals surface area contributed by atoms with Crippen molar-refractivity contribution in [3.63, 3.8) is 0 Å². The van der Waals surface area contributed by atoms with Crippen molar-refractivity contribution in [2.24, 2.45) is 0 Å². The molecular formula is C20H29N3O2S. The molecule has 1 aliphatic heterocycles. The zero-order valence-electron chi connectivity index (χ0n) is 15.6. The van der Waals surface area contributed by atoms with Crippen molar-refractivity contribution in [3.05, 3.63) is 29.8 Å². The van der Waals surface area contributed by atoms with Crippen LogP contribution in [0.1, 0.15) is 48.9 Å². The molecule has 26 heavy (non-hydrogen) atoms. The lowest BCUT2D eigenvalue weighted by atomic mass is 10.1. The summed E-state index contributed by atoms with van der Waals surface area (Å²) in [5.74, 6) is -0.353. The highest BCUT2D eigenvalue weighted by molar-refractivity contribution is 7.80. The second-order valence-electron chi connectivity index (χ2n) is 7.14. The summed E-state index contributed by atoms with van der Waals surface area (Å²) < 4.78 is 4.85. The van der Waals surface area contributed by atoms with Gasteiger partial charge in [-0.1, -0.05) is 37.8 Å². The summed E-state index contributed by atoms with van der Waals surface area (Å²) in [5, 5.41) is 3.92. The summed E-state index contributed by atoms with van der Waals surface area (Å²) in [6.45, 7) is 3.99. The fourth-order valence-corrected chi connectivity index (χ4v) is 4.28. The highest BCUT2D eigenvalue weighted by Gasteiger charge is 2.25. The Labute approximate surface area is 161 Å². The second kappa shape index (κ2) is 9.33. The molecule has 5 nitrogen and oxygen atoms in total. The molecule has 1 N–H and O–H groups in total. The summed E-state index contributed by atoms with van der Waals surface area (Å²) in [6, 6.07) is 8.08. The Balaban J connectivity index is 1.55. The highest BCUT2D eigenvalue weighted by Crippen LogP contribution is 2.23. The molecule has 3 rings (SSSR count). The van der Waals surface area contributed by atoms with E-state index in [1.54, 1.807) is 6.07 Å². The van der Waals surface area contributed by atoms with Crippen molar-refractivity contribution in [1.29, 1.82) is 0 Å². The van der Waals surface area contributed by atoms with Crippen LogP contribution in [0.25, 0.3) is 0 Å². The van der Waals surface area contributed by atoms with E-state index in [9.17, 15) is 4.79 Å². The predicted molar refractivity (Wildman–Crippen MR) is 109 cm³/mol. The van der Waals surface area contributed by atoms with Crippen molar-refractivity contribution in [2.75, 3.05) is 38.6 Å². The second-order valence-corrected chi connectivity index (χ2v) is 7.52. The lowest BCUT2D eigenvalue weighted by Gasteiger charge is -2.40. The number of rotatable bonds is 3. The zero-order chi connectivity index (χ0) is 18.4. The number of benzene rings is 1. The van der Waals surface area contributed by atoms with Gasteiger partial charge in [0.05, 0.1) is 18.4 Å². The van der Waals surface area contributed by atoms with Crippen LogP contribution < -0.4 is 5.32 Å². The number of piperazine rings is 1. The third-order valence-electron chi connectivity index (χ3n) is 5.52. The van der Waals surface area contributed by atoms with Gasteiger partial charge in [0.15, 0.2) is 5.11 Å². The number of nitrogens with one attached hydrogen (secondary N) is 1. The van der Waals surface area contributed by atoms with Gasteiger partial charge >= 0.3 is 5.97 Å². The van der Waals surface area contributed by atoms with E-state index >= 15 is 0 Å². The van der Waals surface area contributed by atoms with Crippen molar-refractivity contribution in [2.45, 2.75) is 44.6 Å². The van der Waals surface area contributed by atoms with Gasteiger partial charge in [-0.25, -0.2) is 4.79 Å². The molecule has 142 valence electrons. The van der Waals surface area contributed by atoms with Crippen LogP contribution in [-0.4, -0.2) is 60.2 Å². The number of para-hydroxylation sites is 1. The average molecular weight is 376 g/mol. The molecule has 1 aromatic rings. The molecule has 0 spiro atoms. The van der Waals surface area contributed by atoms with E-state index < -0.39 is 0 Å². The van der Waals surface area contributed by atoms with Crippen LogP contribution >= 0.6 is 12.2 Å². The van der Waals surface area contributed by atoms with Gasteiger partial charge in [0.1, 0.15) is 0 Å². The molecule has 2 aliphatic rings. The van der Waals surface area contributed by atoms with Crippen LogP contribution in [0.2, 0.25) is 0 Å². The van der Waals surface area contributed by atoms with E-state index in [2.05, 4.69) is 15.1 Å². The van der Waals surface area contributed by atoms with Gasteiger partial charge in [-0.15, -0.1) is 0 Å². The first kappa shape index (κ1) is 19.1. The molecule has 0 unspecified atom stereocenters. The van der Waals surface area contributed by atoms with Gasteiger partial charge < -0.3 is 15.0 Å². The number of methoxy groups -OCH3 is 1. The van der Waals surface area contributed by atoms with E-state index in [1.165, 1.54) is 45.6 Å². The summed E-state index contributed by atoms with van der Waals surface area (Å²) in [5.41, 5.74) is 1.21. The Hall–Kier alpha value is -1.66. The number of hydrogen-bond donors (Lipinski definition) is 1. The van der Waals surface area contributed by atoms with Crippen LogP contribution in [0.15, 0.2) is 24.3 Å². The van der Waals surface area contributed by atoms with Crippen molar-refractivity contribution < 1.29 is 9.53 Å². The Morgan fingerprint density at radius 3 is 2.38 bits per heavy atom. The minimum absolute atomic E-state index is 0.353. The maximum atomic E-state index is 11.9. The lowest BCUT2D eigenvalue weighted by Crippen LogP contribution is -2.52. The van der Waals surface area contributed by atoms with Crippen LogP contribution in [0.5, 0.6) is 0 Å². The number of thiocarbonyl (C=S) groups is 1. The Bertz CT molecular complexity index is 621. The molecule has 2 fully saturated rings. The van der Waals surface area contributed by atoms with Gasteiger partial charge in [-0.2, -0.15) is 0 Å². The molecule has 6 heteroatoms. The number of carbonyl (C=O) groups excluding carboxylic acids is 1. The minimum atomic E-state index is -0.353. The standard InChI is InChI=1S/C20H29N3O2S/c1-25-19(24)17-10-6-7-11-18(17)21-20(26)23-14-12-22(13-15-23)16-8-4-2-3-5-9-16/h6-7,10-11,16H,2-5,8-9,12-15H2,1H3,(H,21,26). The van der Waals surface area contributed by atoms with Gasteiger partial charge in [-0.3, -0.25) is 4.90 Å². The van der Waals surface area contributed by atoms with Gasteiger partial charge in [0.25, 0.3) is 0 Å². The molecule has 1 saturated carbocycles. The number of esters is 1. The topological polar surface area (TPSA) is 44.8 Å². The Morgan fingerprint density at radius 1 is 1.08 bits per heavy atom. The number of ether oxygens (including phenoxy) is 1.